The Labute approximate surface area is 444 Å². The first-order chi connectivity index (χ1) is 35.7. The van der Waals surface area contributed by atoms with E-state index in [1.54, 1.807) is 6.08 Å². The summed E-state index contributed by atoms with van der Waals surface area (Å²) in [7, 11) is 0. The van der Waals surface area contributed by atoms with Crippen LogP contribution < -0.4 is 5.32 Å². The van der Waals surface area contributed by atoms with Crippen LogP contribution in [0.1, 0.15) is 220 Å². The highest BCUT2D eigenvalue weighted by molar-refractivity contribution is 5.80. The van der Waals surface area contributed by atoms with Crippen LogP contribution in [0.2, 0.25) is 0 Å². The van der Waals surface area contributed by atoms with Gasteiger partial charge in [0.2, 0.25) is 5.91 Å². The van der Waals surface area contributed by atoms with Crippen LogP contribution in [0, 0.1) is 0 Å². The third-order valence-electron chi connectivity index (χ3n) is 13.1. The van der Waals surface area contributed by atoms with E-state index in [1.807, 2.05) is 54.7 Å². The first-order valence-corrected chi connectivity index (χ1v) is 29.1. The minimum absolute atomic E-state index is 0.0693. The molecule has 1 rings (SSSR count). The topological polar surface area (TPSA) is 175 Å². The molecule has 0 saturated carbocycles. The molecular weight excluding hydrogens is 919 g/mol. The number of rotatable bonds is 47. The summed E-state index contributed by atoms with van der Waals surface area (Å²) in [6.45, 7) is 5.57. The maximum Gasteiger partial charge on any atom is 0.306 e. The number of allylic oxidation sites excluding steroid dienone is 15. The first kappa shape index (κ1) is 67.6. The van der Waals surface area contributed by atoms with E-state index < -0.39 is 67.4 Å². The number of hydrogen-bond donors (Lipinski definition) is 6. The van der Waals surface area contributed by atoms with Crippen molar-refractivity contribution in [3.63, 3.8) is 0 Å². The zero-order valence-electron chi connectivity index (χ0n) is 46.0. The Hall–Kier alpha value is -3.42. The van der Waals surface area contributed by atoms with Crippen LogP contribution in [-0.4, -0.2) is 99.6 Å². The Morgan fingerprint density at radius 1 is 0.562 bits per heavy atom. The first-order valence-electron chi connectivity index (χ1n) is 29.1. The van der Waals surface area contributed by atoms with Gasteiger partial charge in [0.15, 0.2) is 12.4 Å². The molecular formula is C62H105NO10. The molecule has 8 unspecified atom stereocenters. The minimum atomic E-state index is -1.64. The molecule has 1 amide bonds. The lowest BCUT2D eigenvalue weighted by atomic mass is 9.99. The number of amides is 1. The van der Waals surface area contributed by atoms with Crippen molar-refractivity contribution in [2.75, 3.05) is 13.2 Å². The van der Waals surface area contributed by atoms with Crippen molar-refractivity contribution >= 4 is 11.9 Å². The third-order valence-corrected chi connectivity index (χ3v) is 13.1. The second kappa shape index (κ2) is 49.5. The summed E-state index contributed by atoms with van der Waals surface area (Å²) in [5.41, 5.74) is 0. The highest BCUT2D eigenvalue weighted by Crippen LogP contribution is 2.26. The van der Waals surface area contributed by atoms with Gasteiger partial charge in [-0.3, -0.25) is 9.59 Å². The molecule has 0 bridgehead atoms. The van der Waals surface area contributed by atoms with Gasteiger partial charge in [-0.1, -0.05) is 234 Å². The molecule has 418 valence electrons. The van der Waals surface area contributed by atoms with E-state index in [2.05, 4.69) is 62.5 Å². The van der Waals surface area contributed by atoms with Crippen LogP contribution in [0.25, 0.3) is 0 Å². The highest BCUT2D eigenvalue weighted by atomic mass is 16.7. The molecule has 1 aliphatic rings. The normalized spacial score (nSPS) is 20.1. The van der Waals surface area contributed by atoms with E-state index in [0.717, 1.165) is 83.5 Å². The molecule has 1 fully saturated rings. The van der Waals surface area contributed by atoms with E-state index in [-0.39, 0.29) is 19.4 Å². The van der Waals surface area contributed by atoms with E-state index in [9.17, 15) is 35.1 Å². The fourth-order valence-corrected chi connectivity index (χ4v) is 8.47. The van der Waals surface area contributed by atoms with Gasteiger partial charge in [0.25, 0.3) is 0 Å². The molecule has 8 atom stereocenters. The predicted octanol–water partition coefficient (Wildman–Crippen LogP) is 13.2. The van der Waals surface area contributed by atoms with E-state index >= 15 is 0 Å². The molecule has 0 aliphatic carbocycles. The third kappa shape index (κ3) is 37.9. The predicted molar refractivity (Wildman–Crippen MR) is 301 cm³/mol. The van der Waals surface area contributed by atoms with Crippen molar-refractivity contribution in [2.45, 2.75) is 269 Å². The lowest BCUT2D eigenvalue weighted by molar-refractivity contribution is -0.305. The van der Waals surface area contributed by atoms with Gasteiger partial charge < -0.3 is 45.1 Å². The molecule has 11 heteroatoms. The summed E-state index contributed by atoms with van der Waals surface area (Å²) in [5, 5.41) is 56.8. The maximum absolute atomic E-state index is 13.4. The molecule has 6 N–H and O–H groups in total. The van der Waals surface area contributed by atoms with Gasteiger partial charge in [0.1, 0.15) is 24.4 Å². The Balaban J connectivity index is 2.74. The molecule has 0 aromatic heterocycles. The number of hydrogen-bond acceptors (Lipinski definition) is 10. The van der Waals surface area contributed by atoms with Gasteiger partial charge in [0.05, 0.1) is 25.4 Å². The maximum atomic E-state index is 13.4. The molecule has 1 aliphatic heterocycles. The van der Waals surface area contributed by atoms with E-state index in [0.29, 0.717) is 12.8 Å². The number of unbranched alkanes of at least 4 members (excludes halogenated alkanes) is 23. The van der Waals surface area contributed by atoms with Gasteiger partial charge in [-0.05, 0) is 77.0 Å². The van der Waals surface area contributed by atoms with Crippen molar-refractivity contribution in [3.8, 4) is 0 Å². The number of aliphatic hydroxyl groups is 5. The highest BCUT2D eigenvalue weighted by Gasteiger charge is 2.47. The number of ether oxygens (including phenoxy) is 3. The molecule has 0 radical (unpaired) electrons. The van der Waals surface area contributed by atoms with Gasteiger partial charge in [-0.15, -0.1) is 0 Å². The summed E-state index contributed by atoms with van der Waals surface area (Å²) in [6, 6.07) is -1.04. The van der Waals surface area contributed by atoms with E-state index in [1.165, 1.54) is 89.9 Å². The summed E-state index contributed by atoms with van der Waals surface area (Å²) in [4.78, 5) is 26.4. The Bertz CT molecular complexity index is 1550. The number of nitrogens with one attached hydrogen (secondary N) is 1. The molecule has 1 saturated heterocycles. The molecule has 1 heterocycles. The smallest absolute Gasteiger partial charge is 0.306 e. The van der Waals surface area contributed by atoms with Crippen LogP contribution in [0.15, 0.2) is 97.2 Å². The van der Waals surface area contributed by atoms with Gasteiger partial charge in [0, 0.05) is 6.42 Å². The number of esters is 1. The second-order valence-electron chi connectivity index (χ2n) is 19.8. The van der Waals surface area contributed by atoms with Crippen molar-refractivity contribution in [1.29, 1.82) is 0 Å². The SMILES string of the molecule is CC/C=C/C=C/C=C\C=C/C=C/CCCCCC(=O)OC1C(OCC(NC(=O)C(O)CCCCCCCCCC/C=C\C/C=C\CCCCC)C(O)/C=C/CCCCCCCCCCC)OC(CO)C(O)C1O. The van der Waals surface area contributed by atoms with Gasteiger partial charge in [-0.25, -0.2) is 0 Å². The van der Waals surface area contributed by atoms with Crippen LogP contribution in [-0.2, 0) is 23.8 Å². The van der Waals surface area contributed by atoms with Crippen molar-refractivity contribution < 1.29 is 49.3 Å². The monoisotopic (exact) mass is 1020 g/mol. The summed E-state index contributed by atoms with van der Waals surface area (Å²) >= 11 is 0. The average molecular weight is 1020 g/mol. The minimum Gasteiger partial charge on any atom is -0.454 e. The fourth-order valence-electron chi connectivity index (χ4n) is 8.47. The molecule has 11 nitrogen and oxygen atoms in total. The fraction of sp³-hybridized carbons (Fsp3) is 0.710. The number of aliphatic hydroxyl groups excluding tert-OH is 5. The lowest BCUT2D eigenvalue weighted by Crippen LogP contribution is -2.61. The quantitative estimate of drug-likeness (QED) is 0.0149. The summed E-state index contributed by atoms with van der Waals surface area (Å²) in [5.74, 6) is -1.25. The largest absolute Gasteiger partial charge is 0.454 e. The molecule has 0 aromatic carbocycles. The van der Waals surface area contributed by atoms with Crippen molar-refractivity contribution in [3.05, 3.63) is 97.2 Å². The average Bonchev–Trinajstić information content (AvgIpc) is 3.39. The number of carbonyl (C=O) groups excluding carboxylic acids is 2. The van der Waals surface area contributed by atoms with Crippen molar-refractivity contribution in [2.24, 2.45) is 0 Å². The van der Waals surface area contributed by atoms with Crippen LogP contribution in [0.4, 0.5) is 0 Å². The Morgan fingerprint density at radius 3 is 1.62 bits per heavy atom. The zero-order chi connectivity index (χ0) is 53.3. The second-order valence-corrected chi connectivity index (χ2v) is 19.8. The van der Waals surface area contributed by atoms with Crippen LogP contribution >= 0.6 is 0 Å². The van der Waals surface area contributed by atoms with Crippen LogP contribution in [0.5, 0.6) is 0 Å². The van der Waals surface area contributed by atoms with E-state index in [4.69, 9.17) is 14.2 Å². The molecule has 0 aromatic rings. The summed E-state index contributed by atoms with van der Waals surface area (Å²) < 4.78 is 17.5. The standard InChI is InChI=1S/C62H105NO10/c1-4-7-10-13-16-19-22-24-26-27-28-30-31-34-37-40-43-46-49-55(66)61(70)63-53(54(65)48-45-42-39-36-33-21-18-15-12-9-6-3)52-71-62-60(59(69)58(68)56(51-64)72-62)73-57(67)50-47-44-41-38-35-32-29-25-23-20-17-14-11-8-5-2/h8,11,14,16-17,19-20,23-26,29,32,35,45,48,53-56,58-60,62,64-66,68-69H,4-7,9-10,12-13,15,18,21-22,27-28,30-31,33-34,36-44,46-47,49-52H2,1-3H3,(H,63,70)/b11-8+,17-14+,19-16-,23-20-,26-24-,29-25-,35-32+,48-45+. The Morgan fingerprint density at radius 2 is 1.04 bits per heavy atom. The molecule has 0 spiro atoms. The molecule has 73 heavy (non-hydrogen) atoms. The van der Waals surface area contributed by atoms with Gasteiger partial charge >= 0.3 is 5.97 Å². The Kier molecular flexibility index (Phi) is 45.8. The van der Waals surface area contributed by atoms with Crippen molar-refractivity contribution in [1.82, 2.24) is 5.32 Å². The zero-order valence-corrected chi connectivity index (χ0v) is 46.0. The number of carbonyl (C=O) groups is 2. The van der Waals surface area contributed by atoms with Gasteiger partial charge in [-0.2, -0.15) is 0 Å². The lowest BCUT2D eigenvalue weighted by Gasteiger charge is -2.41. The summed E-state index contributed by atoms with van der Waals surface area (Å²) in [6.07, 6.45) is 54.5. The van der Waals surface area contributed by atoms with Crippen LogP contribution in [0.3, 0.4) is 0 Å².